The third-order valence-corrected chi connectivity index (χ3v) is 5.79. The Bertz CT molecular complexity index is 1370. The Hall–Kier alpha value is -3.75. The number of aromatic nitrogens is 6. The van der Waals surface area contributed by atoms with E-state index in [4.69, 9.17) is 0 Å². The number of hydrogen-bond acceptors (Lipinski definition) is 4. The predicted molar refractivity (Wildman–Crippen MR) is 117 cm³/mol. The molecule has 4 heterocycles. The van der Waals surface area contributed by atoms with Gasteiger partial charge in [0.25, 0.3) is 0 Å². The number of imidazole rings is 1. The summed E-state index contributed by atoms with van der Waals surface area (Å²) in [4.78, 5) is 13.4. The lowest BCUT2D eigenvalue weighted by Gasteiger charge is -2.23. The number of aryl methyl sites for hydroxylation is 3. The number of halogens is 3. The fourth-order valence-electron chi connectivity index (χ4n) is 4.23. The van der Waals surface area contributed by atoms with Crippen molar-refractivity contribution in [1.29, 1.82) is 0 Å². The van der Waals surface area contributed by atoms with Crippen LogP contribution in [0.1, 0.15) is 53.1 Å². The lowest BCUT2D eigenvalue weighted by Crippen LogP contribution is -2.20. The summed E-state index contributed by atoms with van der Waals surface area (Å²) in [5, 5.41) is 4.45. The van der Waals surface area contributed by atoms with Crippen LogP contribution in [0.4, 0.5) is 13.2 Å². The van der Waals surface area contributed by atoms with Crippen molar-refractivity contribution in [2.45, 2.75) is 39.2 Å². The van der Waals surface area contributed by atoms with Crippen molar-refractivity contribution in [3.05, 3.63) is 88.5 Å². The standard InChI is InChI=1S/C24H21F3N6/c1-14-12-32(13-28-14)20-9-5-16(29-15(20)2)6-10-21-30-24-17(4-3-11-33(24)31-21)22-18(25)7-8-19(26)23(22)27/h5-10,12-13,17H,3-4,11H2,1-2H3/b10-6+/t17-/m1/s1. The van der Waals surface area contributed by atoms with Crippen molar-refractivity contribution >= 4 is 12.2 Å². The van der Waals surface area contributed by atoms with Gasteiger partial charge in [0.2, 0.25) is 0 Å². The smallest absolute Gasteiger partial charge is 0.174 e. The second-order valence-electron chi connectivity index (χ2n) is 8.10. The Labute approximate surface area is 188 Å². The molecule has 9 heteroatoms. The molecule has 0 fully saturated rings. The molecule has 1 aliphatic heterocycles. The molecule has 33 heavy (non-hydrogen) atoms. The minimum absolute atomic E-state index is 0.290. The van der Waals surface area contributed by atoms with Crippen molar-refractivity contribution in [3.63, 3.8) is 0 Å². The largest absolute Gasteiger partial charge is 0.304 e. The first-order valence-corrected chi connectivity index (χ1v) is 10.7. The van der Waals surface area contributed by atoms with Crippen molar-refractivity contribution < 1.29 is 13.2 Å². The summed E-state index contributed by atoms with van der Waals surface area (Å²) in [6.45, 7) is 4.43. The van der Waals surface area contributed by atoms with Crippen molar-refractivity contribution in [2.75, 3.05) is 0 Å². The molecule has 1 aliphatic rings. The fourth-order valence-corrected chi connectivity index (χ4v) is 4.23. The molecular formula is C24H21F3N6. The van der Waals surface area contributed by atoms with E-state index >= 15 is 0 Å². The average molecular weight is 450 g/mol. The van der Waals surface area contributed by atoms with Crippen LogP contribution in [0, 0.1) is 31.3 Å². The predicted octanol–water partition coefficient (Wildman–Crippen LogP) is 4.99. The second-order valence-corrected chi connectivity index (χ2v) is 8.10. The highest BCUT2D eigenvalue weighted by Crippen LogP contribution is 2.36. The van der Waals surface area contributed by atoms with E-state index < -0.39 is 23.4 Å². The van der Waals surface area contributed by atoms with Gasteiger partial charge in [0.15, 0.2) is 17.5 Å². The van der Waals surface area contributed by atoms with Gasteiger partial charge in [-0.15, -0.1) is 0 Å². The minimum Gasteiger partial charge on any atom is -0.304 e. The maximum Gasteiger partial charge on any atom is 0.174 e. The molecule has 1 aromatic carbocycles. The van der Waals surface area contributed by atoms with Crippen molar-refractivity contribution in [3.8, 4) is 5.69 Å². The summed E-state index contributed by atoms with van der Waals surface area (Å²) in [6.07, 6.45) is 8.30. The number of pyridine rings is 1. The van der Waals surface area contributed by atoms with Crippen LogP contribution < -0.4 is 0 Å². The van der Waals surface area contributed by atoms with Crippen LogP contribution in [0.2, 0.25) is 0 Å². The molecule has 0 bridgehead atoms. The molecule has 0 saturated carbocycles. The van der Waals surface area contributed by atoms with E-state index in [0.717, 1.165) is 34.9 Å². The Kier molecular flexibility index (Phi) is 5.32. The van der Waals surface area contributed by atoms with Gasteiger partial charge in [-0.2, -0.15) is 5.10 Å². The topological polar surface area (TPSA) is 61.4 Å². The zero-order chi connectivity index (χ0) is 23.1. The Morgan fingerprint density at radius 3 is 2.58 bits per heavy atom. The summed E-state index contributed by atoms with van der Waals surface area (Å²) in [7, 11) is 0. The Balaban J connectivity index is 1.43. The third-order valence-electron chi connectivity index (χ3n) is 5.79. The Morgan fingerprint density at radius 1 is 1.00 bits per heavy atom. The van der Waals surface area contributed by atoms with Gasteiger partial charge in [-0.3, -0.25) is 4.98 Å². The van der Waals surface area contributed by atoms with Gasteiger partial charge in [0.1, 0.15) is 11.6 Å². The molecule has 0 aliphatic carbocycles. The molecule has 6 nitrogen and oxygen atoms in total. The minimum atomic E-state index is -1.17. The Morgan fingerprint density at radius 2 is 1.82 bits per heavy atom. The first kappa shape index (κ1) is 21.1. The molecule has 0 unspecified atom stereocenters. The van der Waals surface area contributed by atoms with Gasteiger partial charge in [-0.25, -0.2) is 27.8 Å². The normalized spacial score (nSPS) is 15.8. The SMILES string of the molecule is Cc1cn(-c2ccc(/C=C/c3nc4n(n3)CCC[C@@H]4c3c(F)ccc(F)c3F)nc2C)cn1. The van der Waals surface area contributed by atoms with Gasteiger partial charge in [-0.05, 0) is 63.1 Å². The second kappa shape index (κ2) is 8.31. The number of rotatable bonds is 4. The molecule has 0 radical (unpaired) electrons. The van der Waals surface area contributed by atoms with Gasteiger partial charge in [0.05, 0.1) is 29.1 Å². The summed E-state index contributed by atoms with van der Waals surface area (Å²) < 4.78 is 46.1. The maximum atomic E-state index is 14.4. The molecular weight excluding hydrogens is 429 g/mol. The van der Waals surface area contributed by atoms with E-state index in [1.807, 2.05) is 36.7 Å². The molecule has 0 N–H and O–H groups in total. The van der Waals surface area contributed by atoms with Crippen LogP contribution in [0.5, 0.6) is 0 Å². The molecule has 1 atom stereocenters. The highest BCUT2D eigenvalue weighted by molar-refractivity contribution is 5.65. The lowest BCUT2D eigenvalue weighted by atomic mass is 9.90. The first-order chi connectivity index (χ1) is 15.9. The summed E-state index contributed by atoms with van der Waals surface area (Å²) in [5.74, 6) is -2.87. The number of nitrogens with zero attached hydrogens (tertiary/aromatic N) is 6. The molecule has 5 rings (SSSR count). The van der Waals surface area contributed by atoms with E-state index in [1.54, 1.807) is 23.2 Å². The highest BCUT2D eigenvalue weighted by Gasteiger charge is 2.31. The molecule has 168 valence electrons. The van der Waals surface area contributed by atoms with Crippen LogP contribution in [-0.4, -0.2) is 29.3 Å². The molecule has 3 aromatic heterocycles. The maximum absolute atomic E-state index is 14.4. The fraction of sp³-hybridized carbons (Fsp3) is 0.250. The number of fused-ring (bicyclic) bond motifs is 1. The van der Waals surface area contributed by atoms with Crippen LogP contribution in [0.25, 0.3) is 17.8 Å². The molecule has 0 saturated heterocycles. The van der Waals surface area contributed by atoms with E-state index in [9.17, 15) is 13.2 Å². The van der Waals surface area contributed by atoms with Gasteiger partial charge < -0.3 is 4.57 Å². The molecule has 0 spiro atoms. The van der Waals surface area contributed by atoms with Gasteiger partial charge >= 0.3 is 0 Å². The van der Waals surface area contributed by atoms with Crippen LogP contribution in [-0.2, 0) is 6.54 Å². The monoisotopic (exact) mass is 450 g/mol. The van der Waals surface area contributed by atoms with E-state index in [0.29, 0.717) is 31.0 Å². The highest BCUT2D eigenvalue weighted by atomic mass is 19.2. The van der Waals surface area contributed by atoms with Crippen LogP contribution >= 0.6 is 0 Å². The molecule has 4 aromatic rings. The number of benzene rings is 1. The molecule has 0 amide bonds. The van der Waals surface area contributed by atoms with E-state index in [1.165, 1.54) is 0 Å². The lowest BCUT2D eigenvalue weighted by molar-refractivity contribution is 0.412. The zero-order valence-corrected chi connectivity index (χ0v) is 18.1. The average Bonchev–Trinajstić information content (AvgIpc) is 3.41. The summed E-state index contributed by atoms with van der Waals surface area (Å²) in [5.41, 5.74) is 3.12. The van der Waals surface area contributed by atoms with Gasteiger partial charge in [-0.1, -0.05) is 0 Å². The zero-order valence-electron chi connectivity index (χ0n) is 18.1. The van der Waals surface area contributed by atoms with E-state index in [2.05, 4.69) is 20.1 Å². The van der Waals surface area contributed by atoms with Gasteiger partial charge in [0, 0.05) is 24.2 Å². The van der Waals surface area contributed by atoms with E-state index in [-0.39, 0.29) is 5.56 Å². The van der Waals surface area contributed by atoms with Crippen LogP contribution in [0.3, 0.4) is 0 Å². The number of hydrogen-bond donors (Lipinski definition) is 0. The first-order valence-electron chi connectivity index (χ1n) is 10.7. The summed E-state index contributed by atoms with van der Waals surface area (Å²) >= 11 is 0. The van der Waals surface area contributed by atoms with Crippen LogP contribution in [0.15, 0.2) is 36.8 Å². The van der Waals surface area contributed by atoms with Crippen molar-refractivity contribution in [1.82, 2.24) is 29.3 Å². The quantitative estimate of drug-likeness (QED) is 0.411. The van der Waals surface area contributed by atoms with Crippen molar-refractivity contribution in [2.24, 2.45) is 0 Å². The third kappa shape index (κ3) is 3.94. The summed E-state index contributed by atoms with van der Waals surface area (Å²) in [6, 6.07) is 5.58.